The number of hydrogen-bond donors (Lipinski definition) is 1. The molecule has 6 rings (SSSR count). The smallest absolute Gasteiger partial charge is 0.264 e. The number of aryl methyl sites for hydroxylation is 1. The predicted octanol–water partition coefficient (Wildman–Crippen LogP) is 5.90. The number of ether oxygens (including phenoxy) is 4. The van der Waals surface area contributed by atoms with Gasteiger partial charge in [0.2, 0.25) is 10.0 Å². The van der Waals surface area contributed by atoms with E-state index in [1.54, 1.807) is 12.1 Å². The first-order valence-corrected chi connectivity index (χ1v) is 20.2. The zero-order valence-corrected chi connectivity index (χ0v) is 31.5. The number of carbonyl (C=O) groups excluding carboxylic acids is 1. The number of halogens is 1. The van der Waals surface area contributed by atoms with Gasteiger partial charge in [-0.3, -0.25) is 4.79 Å². The second kappa shape index (κ2) is 16.5. The van der Waals surface area contributed by atoms with Gasteiger partial charge in [0.05, 0.1) is 31.5 Å². The molecule has 10 nitrogen and oxygen atoms in total. The summed E-state index contributed by atoms with van der Waals surface area (Å²) in [5.41, 5.74) is 3.36. The zero-order valence-electron chi connectivity index (χ0n) is 29.9. The summed E-state index contributed by atoms with van der Waals surface area (Å²) in [5.74, 6) is 0.799. The van der Waals surface area contributed by atoms with Gasteiger partial charge in [-0.25, -0.2) is 13.1 Å². The number of sulfonamides is 1. The molecule has 0 unspecified atom stereocenters. The van der Waals surface area contributed by atoms with Crippen molar-refractivity contribution in [2.75, 3.05) is 59.0 Å². The summed E-state index contributed by atoms with van der Waals surface area (Å²) >= 11 is 6.38. The van der Waals surface area contributed by atoms with Gasteiger partial charge in [-0.15, -0.1) is 0 Å². The van der Waals surface area contributed by atoms with Crippen LogP contribution >= 0.6 is 11.6 Å². The number of rotatable bonds is 4. The standard InChI is InChI=1S/C38H54ClN3O7S/c1-25-8-7-10-33(38-48-22-31(23-49-38)41(2)3)32-15-12-28(32)20-42-17-6-5-9-26-18-30(39)14-11-29(26)21-47-35-16-13-27(19-34(35)42)37(43)40-50(44,45)36(25)24-46-4/h11,13-14,16,18-19,25,28,31-33,36,38H,5-10,12,15,17,20-24H2,1-4H3,(H,40,43)/t25-,28-,31?,32+,33-,36-,38?/m0/s1. The Morgan fingerprint density at radius 3 is 2.50 bits per heavy atom. The molecule has 12 heteroatoms. The molecule has 2 aromatic rings. The SMILES string of the molecule is COC[C@H]1[C@@H](C)CCC[C@H](C2OCC(N(C)C)CO2)[C@@H]2CC[C@H]2CN2CCCCc3cc(Cl)ccc3COc3ccc(cc32)C(=O)NS1(=O)=O. The number of amides is 1. The summed E-state index contributed by atoms with van der Waals surface area (Å²) in [4.78, 5) is 18.2. The van der Waals surface area contributed by atoms with Crippen LogP contribution in [0.15, 0.2) is 36.4 Å². The Morgan fingerprint density at radius 1 is 0.980 bits per heavy atom. The van der Waals surface area contributed by atoms with E-state index in [9.17, 15) is 13.2 Å². The lowest BCUT2D eigenvalue weighted by atomic mass is 9.65. The van der Waals surface area contributed by atoms with Gasteiger partial charge in [-0.1, -0.05) is 31.0 Å². The Morgan fingerprint density at radius 2 is 1.78 bits per heavy atom. The minimum absolute atomic E-state index is 0.00281. The van der Waals surface area contributed by atoms with Crippen LogP contribution in [0.5, 0.6) is 5.75 Å². The number of likely N-dealkylation sites (N-methyl/N-ethyl adjacent to an activating group) is 1. The number of nitrogens with one attached hydrogen (secondary N) is 1. The number of carbonyl (C=O) groups is 1. The summed E-state index contributed by atoms with van der Waals surface area (Å²) in [5, 5.41) is -0.165. The molecule has 1 saturated heterocycles. The summed E-state index contributed by atoms with van der Waals surface area (Å²) in [6, 6.07) is 11.4. The molecule has 50 heavy (non-hydrogen) atoms. The molecule has 2 bridgehead atoms. The fourth-order valence-electron chi connectivity index (χ4n) is 8.20. The first kappa shape index (κ1) is 37.4. The van der Waals surface area contributed by atoms with Crippen LogP contribution in [-0.2, 0) is 37.3 Å². The van der Waals surface area contributed by atoms with Crippen molar-refractivity contribution >= 4 is 33.2 Å². The van der Waals surface area contributed by atoms with Crippen molar-refractivity contribution < 1.29 is 32.2 Å². The van der Waals surface area contributed by atoms with Gasteiger partial charge in [-0.2, -0.15) is 0 Å². The zero-order chi connectivity index (χ0) is 35.4. The van der Waals surface area contributed by atoms with E-state index in [0.717, 1.165) is 69.3 Å². The highest BCUT2D eigenvalue weighted by Gasteiger charge is 2.44. The molecule has 5 atom stereocenters. The van der Waals surface area contributed by atoms with Crippen LogP contribution in [0.25, 0.3) is 0 Å². The number of nitrogens with zero attached hydrogens (tertiary/aromatic N) is 2. The normalized spacial score (nSPS) is 30.9. The van der Waals surface area contributed by atoms with Crippen molar-refractivity contribution in [3.05, 3.63) is 58.1 Å². The maximum Gasteiger partial charge on any atom is 0.264 e. The maximum absolute atomic E-state index is 13.8. The van der Waals surface area contributed by atoms with Crippen LogP contribution in [0, 0.1) is 23.7 Å². The number of methoxy groups -OCH3 is 1. The molecule has 4 aliphatic rings. The first-order valence-electron chi connectivity index (χ1n) is 18.3. The molecule has 2 aromatic carbocycles. The van der Waals surface area contributed by atoms with E-state index < -0.39 is 21.2 Å². The van der Waals surface area contributed by atoms with E-state index in [0.29, 0.717) is 48.8 Å². The number of hydrogen-bond acceptors (Lipinski definition) is 9. The van der Waals surface area contributed by atoms with E-state index in [1.165, 1.54) is 12.7 Å². The Bertz CT molecular complexity index is 1580. The molecular weight excluding hydrogens is 678 g/mol. The fourth-order valence-corrected chi connectivity index (χ4v) is 9.99. The van der Waals surface area contributed by atoms with Crippen LogP contribution in [0.2, 0.25) is 5.02 Å². The molecule has 1 aliphatic carbocycles. The van der Waals surface area contributed by atoms with Gasteiger partial charge in [0.15, 0.2) is 6.29 Å². The van der Waals surface area contributed by atoms with Gasteiger partial charge < -0.3 is 28.7 Å². The Hall–Kier alpha value is -2.41. The fraction of sp³-hybridized carbons (Fsp3) is 0.658. The molecule has 3 aliphatic heterocycles. The lowest BCUT2D eigenvalue weighted by Crippen LogP contribution is -2.50. The highest BCUT2D eigenvalue weighted by atomic mass is 35.5. The quantitative estimate of drug-likeness (QED) is 0.412. The molecule has 0 radical (unpaired) electrons. The topological polar surface area (TPSA) is 107 Å². The molecule has 0 aromatic heterocycles. The molecular formula is C38H54ClN3O7S. The van der Waals surface area contributed by atoms with Crippen molar-refractivity contribution in [3.8, 4) is 5.75 Å². The van der Waals surface area contributed by atoms with E-state index in [4.69, 9.17) is 30.5 Å². The largest absolute Gasteiger partial charge is 0.487 e. The minimum atomic E-state index is -4.05. The summed E-state index contributed by atoms with van der Waals surface area (Å²) in [6.45, 7) is 5.14. The third-order valence-corrected chi connectivity index (χ3v) is 13.6. The molecule has 1 saturated carbocycles. The Labute approximate surface area is 303 Å². The summed E-state index contributed by atoms with van der Waals surface area (Å²) < 4.78 is 54.7. The number of benzene rings is 2. The van der Waals surface area contributed by atoms with Gasteiger partial charge >= 0.3 is 0 Å². The van der Waals surface area contributed by atoms with Crippen LogP contribution in [-0.4, -0.2) is 90.9 Å². The Kier molecular flexibility index (Phi) is 12.3. The highest BCUT2D eigenvalue weighted by Crippen LogP contribution is 2.46. The minimum Gasteiger partial charge on any atom is -0.487 e. The highest BCUT2D eigenvalue weighted by molar-refractivity contribution is 7.90. The van der Waals surface area contributed by atoms with E-state index in [-0.39, 0.29) is 36.3 Å². The van der Waals surface area contributed by atoms with Crippen molar-refractivity contribution in [2.24, 2.45) is 23.7 Å². The Balaban J connectivity index is 1.36. The van der Waals surface area contributed by atoms with E-state index in [1.807, 2.05) is 31.2 Å². The lowest BCUT2D eigenvalue weighted by molar-refractivity contribution is -0.240. The van der Waals surface area contributed by atoms with Crippen LogP contribution < -0.4 is 14.4 Å². The van der Waals surface area contributed by atoms with Crippen LogP contribution in [0.3, 0.4) is 0 Å². The van der Waals surface area contributed by atoms with Gasteiger partial charge in [0.25, 0.3) is 5.91 Å². The average Bonchev–Trinajstić information content (AvgIpc) is 3.11. The summed E-state index contributed by atoms with van der Waals surface area (Å²) in [7, 11) is 1.55. The molecule has 0 spiro atoms. The molecule has 2 fully saturated rings. The van der Waals surface area contributed by atoms with Crippen molar-refractivity contribution in [2.45, 2.75) is 82.5 Å². The van der Waals surface area contributed by atoms with Crippen molar-refractivity contribution in [1.82, 2.24) is 9.62 Å². The molecule has 3 heterocycles. The second-order valence-corrected chi connectivity index (χ2v) is 17.3. The second-order valence-electron chi connectivity index (χ2n) is 15.0. The maximum atomic E-state index is 13.8. The molecule has 1 amide bonds. The number of anilines is 1. The summed E-state index contributed by atoms with van der Waals surface area (Å²) in [6.07, 6.45) is 7.11. The lowest BCUT2D eigenvalue weighted by Gasteiger charge is -2.48. The third-order valence-electron chi connectivity index (χ3n) is 11.5. The van der Waals surface area contributed by atoms with Crippen LogP contribution in [0.4, 0.5) is 5.69 Å². The first-order chi connectivity index (χ1) is 24.0. The van der Waals surface area contributed by atoms with Gasteiger partial charge in [-0.05, 0) is 118 Å². The third kappa shape index (κ3) is 8.61. The van der Waals surface area contributed by atoms with E-state index in [2.05, 4.69) is 28.6 Å². The van der Waals surface area contributed by atoms with E-state index >= 15 is 0 Å². The molecule has 276 valence electrons. The van der Waals surface area contributed by atoms with Gasteiger partial charge in [0.1, 0.15) is 17.6 Å². The van der Waals surface area contributed by atoms with Gasteiger partial charge in [0, 0.05) is 36.7 Å². The van der Waals surface area contributed by atoms with Crippen LogP contribution in [0.1, 0.15) is 73.4 Å². The average molecular weight is 732 g/mol. The van der Waals surface area contributed by atoms with Crippen molar-refractivity contribution in [3.63, 3.8) is 0 Å². The monoisotopic (exact) mass is 731 g/mol. The predicted molar refractivity (Wildman–Crippen MR) is 195 cm³/mol. The number of fused-ring (bicyclic) bond motifs is 3. The molecule has 1 N–H and O–H groups in total. The van der Waals surface area contributed by atoms with Crippen molar-refractivity contribution in [1.29, 1.82) is 0 Å².